The summed E-state index contributed by atoms with van der Waals surface area (Å²) in [4.78, 5) is 0. The molecule has 108 valence electrons. The highest BCUT2D eigenvalue weighted by Crippen LogP contribution is 2.30. The normalized spacial score (nSPS) is 16.6. The van der Waals surface area contributed by atoms with Gasteiger partial charge < -0.3 is 4.42 Å². The minimum absolute atomic E-state index is 0.440. The molecule has 1 aliphatic carbocycles. The molecule has 0 atom stereocenters. The molecule has 20 heavy (non-hydrogen) atoms. The zero-order chi connectivity index (χ0) is 13.8. The van der Waals surface area contributed by atoms with Gasteiger partial charge in [0.25, 0.3) is 0 Å². The minimum Gasteiger partial charge on any atom is -0.424 e. The van der Waals surface area contributed by atoms with Gasteiger partial charge >= 0.3 is 0 Å². The van der Waals surface area contributed by atoms with Crippen molar-refractivity contribution in [3.8, 4) is 0 Å². The molecule has 0 radical (unpaired) electrons. The zero-order valence-corrected chi connectivity index (χ0v) is 12.3. The van der Waals surface area contributed by atoms with Gasteiger partial charge in [-0.25, -0.2) is 4.68 Å². The molecule has 0 unspecified atom stereocenters. The van der Waals surface area contributed by atoms with E-state index in [9.17, 15) is 0 Å². The van der Waals surface area contributed by atoms with Crippen LogP contribution in [0, 0.1) is 0 Å². The van der Waals surface area contributed by atoms with Crippen LogP contribution in [0.4, 0.5) is 0 Å². The van der Waals surface area contributed by atoms with Crippen LogP contribution in [-0.2, 0) is 12.2 Å². The molecule has 2 heterocycles. The lowest BCUT2D eigenvalue weighted by molar-refractivity contribution is 0.307. The van der Waals surface area contributed by atoms with E-state index in [4.69, 9.17) is 4.42 Å². The Bertz CT molecular complexity index is 548. The van der Waals surface area contributed by atoms with Crippen LogP contribution in [0.15, 0.2) is 9.57 Å². The first-order valence-electron chi connectivity index (χ1n) is 7.08. The van der Waals surface area contributed by atoms with Gasteiger partial charge in [-0.2, -0.15) is 0 Å². The molecule has 0 N–H and O–H groups in total. The maximum Gasteiger partial charge on any atom is 0.226 e. The Morgan fingerprint density at radius 1 is 1.15 bits per heavy atom. The van der Waals surface area contributed by atoms with E-state index < -0.39 is 0 Å². The van der Waals surface area contributed by atoms with Crippen molar-refractivity contribution in [2.45, 2.75) is 62.4 Å². The van der Waals surface area contributed by atoms with Crippen LogP contribution in [0.2, 0.25) is 0 Å². The second kappa shape index (κ2) is 6.34. The highest BCUT2D eigenvalue weighted by Gasteiger charge is 2.20. The fourth-order valence-corrected chi connectivity index (χ4v) is 3.23. The Hall–Kier alpha value is -1.44. The van der Waals surface area contributed by atoms with Crippen molar-refractivity contribution in [2.24, 2.45) is 0 Å². The molecule has 0 bridgehead atoms. The van der Waals surface area contributed by atoms with Crippen molar-refractivity contribution >= 4 is 11.8 Å². The van der Waals surface area contributed by atoms with E-state index in [0.29, 0.717) is 23.6 Å². The summed E-state index contributed by atoms with van der Waals surface area (Å²) < 4.78 is 7.45. The van der Waals surface area contributed by atoms with Gasteiger partial charge in [0.15, 0.2) is 0 Å². The smallest absolute Gasteiger partial charge is 0.226 e. The highest BCUT2D eigenvalue weighted by molar-refractivity contribution is 7.98. The zero-order valence-electron chi connectivity index (χ0n) is 11.5. The Morgan fingerprint density at radius 2 is 1.95 bits per heavy atom. The standard InChI is InChI=1S/C12H18N6OS/c1-2-10-13-14-11(19-10)8-20-12-15-16-17-18(12)9-6-4-3-5-7-9/h9H,2-8H2,1H3. The molecule has 2 aromatic heterocycles. The molecule has 7 nitrogen and oxygen atoms in total. The average Bonchev–Trinajstić information content (AvgIpc) is 3.15. The SMILES string of the molecule is CCc1nnc(CSc2nnnn2C2CCCCC2)o1. The summed E-state index contributed by atoms with van der Waals surface area (Å²) in [7, 11) is 0. The Balaban J connectivity index is 1.64. The van der Waals surface area contributed by atoms with Crippen molar-refractivity contribution in [1.82, 2.24) is 30.4 Å². The maximum absolute atomic E-state index is 5.50. The lowest BCUT2D eigenvalue weighted by Gasteiger charge is -2.21. The van der Waals surface area contributed by atoms with E-state index in [0.717, 1.165) is 11.6 Å². The predicted molar refractivity (Wildman–Crippen MR) is 73.2 cm³/mol. The summed E-state index contributed by atoms with van der Waals surface area (Å²) in [6, 6.07) is 0.440. The van der Waals surface area contributed by atoms with Crippen molar-refractivity contribution in [2.75, 3.05) is 0 Å². The number of aryl methyl sites for hydroxylation is 1. The fourth-order valence-electron chi connectivity index (χ4n) is 2.45. The Morgan fingerprint density at radius 3 is 2.70 bits per heavy atom. The second-order valence-corrected chi connectivity index (χ2v) is 5.87. The van der Waals surface area contributed by atoms with Crippen LogP contribution in [0.3, 0.4) is 0 Å². The molecule has 0 aromatic carbocycles. The summed E-state index contributed by atoms with van der Waals surface area (Å²) in [5, 5.41) is 20.9. The van der Waals surface area contributed by atoms with Crippen molar-refractivity contribution in [1.29, 1.82) is 0 Å². The summed E-state index contributed by atoms with van der Waals surface area (Å²) >= 11 is 1.55. The van der Waals surface area contributed by atoms with Crippen LogP contribution < -0.4 is 0 Å². The van der Waals surface area contributed by atoms with Crippen LogP contribution in [0.1, 0.15) is 56.9 Å². The molecular formula is C12H18N6OS. The Labute approximate surface area is 121 Å². The van der Waals surface area contributed by atoms with Crippen molar-refractivity contribution in [3.05, 3.63) is 11.8 Å². The highest BCUT2D eigenvalue weighted by atomic mass is 32.2. The van der Waals surface area contributed by atoms with Gasteiger partial charge in [0.05, 0.1) is 11.8 Å². The number of thioether (sulfide) groups is 1. The first-order chi connectivity index (χ1) is 9.86. The molecule has 1 fully saturated rings. The molecule has 0 amide bonds. The van der Waals surface area contributed by atoms with Gasteiger partial charge in [0, 0.05) is 6.42 Å². The first-order valence-corrected chi connectivity index (χ1v) is 8.07. The van der Waals surface area contributed by atoms with Crippen LogP contribution >= 0.6 is 11.8 Å². The van der Waals surface area contributed by atoms with Gasteiger partial charge in [0.2, 0.25) is 16.9 Å². The second-order valence-electron chi connectivity index (χ2n) is 4.93. The van der Waals surface area contributed by atoms with Gasteiger partial charge in [-0.05, 0) is 23.3 Å². The molecule has 0 spiro atoms. The van der Waals surface area contributed by atoms with Gasteiger partial charge in [-0.1, -0.05) is 37.9 Å². The molecule has 0 saturated heterocycles. The summed E-state index contributed by atoms with van der Waals surface area (Å²) in [6.45, 7) is 1.99. The molecule has 8 heteroatoms. The molecule has 3 rings (SSSR count). The minimum atomic E-state index is 0.440. The summed E-state index contributed by atoms with van der Waals surface area (Å²) in [5.74, 6) is 1.91. The molecular weight excluding hydrogens is 276 g/mol. The number of tetrazole rings is 1. The maximum atomic E-state index is 5.50. The van der Waals surface area contributed by atoms with E-state index in [1.54, 1.807) is 11.8 Å². The molecule has 1 saturated carbocycles. The third-order valence-corrected chi connectivity index (χ3v) is 4.44. The monoisotopic (exact) mass is 294 g/mol. The third kappa shape index (κ3) is 3.00. The predicted octanol–water partition coefficient (Wildman–Crippen LogP) is 2.42. The molecule has 1 aliphatic rings. The van der Waals surface area contributed by atoms with Crippen LogP contribution in [0.25, 0.3) is 0 Å². The topological polar surface area (TPSA) is 82.5 Å². The lowest BCUT2D eigenvalue weighted by Crippen LogP contribution is -2.15. The fraction of sp³-hybridized carbons (Fsp3) is 0.750. The number of nitrogens with zero attached hydrogens (tertiary/aromatic N) is 6. The lowest BCUT2D eigenvalue weighted by atomic mass is 9.96. The van der Waals surface area contributed by atoms with E-state index >= 15 is 0 Å². The van der Waals surface area contributed by atoms with Gasteiger partial charge in [-0.15, -0.1) is 15.3 Å². The van der Waals surface area contributed by atoms with E-state index in [1.807, 2.05) is 11.6 Å². The van der Waals surface area contributed by atoms with Gasteiger partial charge in [0.1, 0.15) is 0 Å². The Kier molecular flexibility index (Phi) is 4.29. The number of rotatable bonds is 5. The number of aromatic nitrogens is 6. The molecule has 2 aromatic rings. The molecule has 0 aliphatic heterocycles. The third-order valence-electron chi connectivity index (χ3n) is 3.52. The van der Waals surface area contributed by atoms with Crippen molar-refractivity contribution < 1.29 is 4.42 Å². The van der Waals surface area contributed by atoms with E-state index in [-0.39, 0.29) is 0 Å². The summed E-state index contributed by atoms with van der Waals surface area (Å²) in [6.07, 6.45) is 6.94. The summed E-state index contributed by atoms with van der Waals surface area (Å²) in [5.41, 5.74) is 0. The number of hydrogen-bond donors (Lipinski definition) is 0. The average molecular weight is 294 g/mol. The van der Waals surface area contributed by atoms with E-state index in [2.05, 4.69) is 25.7 Å². The first kappa shape index (κ1) is 13.5. The van der Waals surface area contributed by atoms with Crippen LogP contribution in [-0.4, -0.2) is 30.4 Å². The van der Waals surface area contributed by atoms with Crippen molar-refractivity contribution in [3.63, 3.8) is 0 Å². The quantitative estimate of drug-likeness (QED) is 0.783. The largest absolute Gasteiger partial charge is 0.424 e. The number of hydrogen-bond acceptors (Lipinski definition) is 7. The van der Waals surface area contributed by atoms with Gasteiger partial charge in [-0.3, -0.25) is 0 Å². The van der Waals surface area contributed by atoms with Crippen LogP contribution in [0.5, 0.6) is 0 Å². The van der Waals surface area contributed by atoms with E-state index in [1.165, 1.54) is 32.1 Å².